The summed E-state index contributed by atoms with van der Waals surface area (Å²) in [6.45, 7) is 7.56. The van der Waals surface area contributed by atoms with Crippen LogP contribution in [0.15, 0.2) is 36.5 Å². The molecule has 1 aromatic heterocycles. The predicted molar refractivity (Wildman–Crippen MR) is 109 cm³/mol. The third-order valence-corrected chi connectivity index (χ3v) is 5.05. The van der Waals surface area contributed by atoms with Crippen LogP contribution < -0.4 is 19.7 Å². The average molecular weight is 384 g/mol. The van der Waals surface area contributed by atoms with E-state index in [1.165, 1.54) is 0 Å². The number of nitrogens with zero attached hydrogens (tertiary/aromatic N) is 3. The van der Waals surface area contributed by atoms with Crippen LogP contribution in [0.3, 0.4) is 0 Å². The van der Waals surface area contributed by atoms with E-state index in [-0.39, 0.29) is 5.91 Å². The first-order valence-corrected chi connectivity index (χ1v) is 9.57. The van der Waals surface area contributed by atoms with Gasteiger partial charge in [0.25, 0.3) is 5.91 Å². The van der Waals surface area contributed by atoms with Gasteiger partial charge >= 0.3 is 0 Å². The molecule has 0 bridgehead atoms. The number of nitrogens with one attached hydrogen (secondary N) is 1. The minimum absolute atomic E-state index is 0.120. The summed E-state index contributed by atoms with van der Waals surface area (Å²) >= 11 is 0. The Hall–Kier alpha value is -2.80. The van der Waals surface area contributed by atoms with Crippen molar-refractivity contribution in [2.45, 2.75) is 13.5 Å². The van der Waals surface area contributed by atoms with Crippen LogP contribution in [0.5, 0.6) is 11.5 Å². The molecule has 2 aromatic rings. The number of likely N-dealkylation sites (N-methyl/N-ethyl adjacent to an activating group) is 1. The number of amides is 1. The number of piperazine rings is 1. The lowest BCUT2D eigenvalue weighted by Crippen LogP contribution is -2.46. The van der Waals surface area contributed by atoms with E-state index >= 15 is 0 Å². The number of carbonyl (C=O) groups is 1. The van der Waals surface area contributed by atoms with Gasteiger partial charge in [-0.1, -0.05) is 13.0 Å². The molecule has 1 aliphatic rings. The smallest absolute Gasteiger partial charge is 0.251 e. The number of aromatic nitrogens is 1. The first-order chi connectivity index (χ1) is 13.6. The normalized spacial score (nSPS) is 14.6. The van der Waals surface area contributed by atoms with Gasteiger partial charge in [-0.15, -0.1) is 0 Å². The van der Waals surface area contributed by atoms with Gasteiger partial charge in [-0.2, -0.15) is 0 Å². The number of ether oxygens (including phenoxy) is 2. The second kappa shape index (κ2) is 9.41. The largest absolute Gasteiger partial charge is 0.493 e. The minimum atomic E-state index is -0.120. The maximum Gasteiger partial charge on any atom is 0.251 e. The molecule has 1 saturated heterocycles. The molecule has 1 aliphatic heterocycles. The Morgan fingerprint density at radius 1 is 1.07 bits per heavy atom. The molecule has 3 rings (SSSR count). The number of carbonyl (C=O) groups excluding carboxylic acids is 1. The highest BCUT2D eigenvalue weighted by Crippen LogP contribution is 2.27. The average Bonchev–Trinajstić information content (AvgIpc) is 2.77. The predicted octanol–water partition coefficient (Wildman–Crippen LogP) is 2.17. The summed E-state index contributed by atoms with van der Waals surface area (Å²) in [6, 6.07) is 9.22. The molecule has 1 fully saturated rings. The van der Waals surface area contributed by atoms with Crippen molar-refractivity contribution in [1.82, 2.24) is 15.2 Å². The number of pyridine rings is 1. The topological polar surface area (TPSA) is 66.9 Å². The van der Waals surface area contributed by atoms with E-state index in [4.69, 9.17) is 9.47 Å². The van der Waals surface area contributed by atoms with Crippen molar-refractivity contribution in [3.05, 3.63) is 47.7 Å². The summed E-state index contributed by atoms with van der Waals surface area (Å²) < 4.78 is 10.6. The van der Waals surface area contributed by atoms with Crippen molar-refractivity contribution in [2.75, 3.05) is 51.8 Å². The molecule has 2 heterocycles. The molecule has 0 saturated carbocycles. The van der Waals surface area contributed by atoms with Crippen LogP contribution in [-0.2, 0) is 6.54 Å². The van der Waals surface area contributed by atoms with Crippen molar-refractivity contribution in [2.24, 2.45) is 0 Å². The van der Waals surface area contributed by atoms with E-state index in [0.717, 1.165) is 44.1 Å². The number of anilines is 1. The van der Waals surface area contributed by atoms with Gasteiger partial charge in [-0.05, 0) is 36.4 Å². The molecule has 0 aliphatic carbocycles. The standard InChI is InChI=1S/C21H28N4O3/c1-4-24-9-11-25(12-10-24)20-14-17(7-8-22-20)21(26)23-15-16-5-6-18(27-2)19(13-16)28-3/h5-8,13-14H,4,9-12,15H2,1-3H3,(H,23,26). The van der Waals surface area contributed by atoms with Gasteiger partial charge in [0.2, 0.25) is 0 Å². The second-order valence-electron chi connectivity index (χ2n) is 6.70. The quantitative estimate of drug-likeness (QED) is 0.789. The van der Waals surface area contributed by atoms with E-state index in [1.54, 1.807) is 26.5 Å². The summed E-state index contributed by atoms with van der Waals surface area (Å²) in [7, 11) is 3.20. The Bertz CT molecular complexity index is 804. The van der Waals surface area contributed by atoms with Crippen LogP contribution in [0.2, 0.25) is 0 Å². The number of methoxy groups -OCH3 is 2. The molecule has 0 radical (unpaired) electrons. The molecule has 150 valence electrons. The summed E-state index contributed by atoms with van der Waals surface area (Å²) in [5, 5.41) is 2.96. The van der Waals surface area contributed by atoms with Gasteiger partial charge in [-0.3, -0.25) is 4.79 Å². The van der Waals surface area contributed by atoms with Crippen LogP contribution in [0.1, 0.15) is 22.8 Å². The SMILES string of the molecule is CCN1CCN(c2cc(C(=O)NCc3ccc(OC)c(OC)c3)ccn2)CC1. The molecule has 7 nitrogen and oxygen atoms in total. The molecule has 0 unspecified atom stereocenters. The van der Waals surface area contributed by atoms with Crippen LogP contribution in [0.4, 0.5) is 5.82 Å². The van der Waals surface area contributed by atoms with Gasteiger partial charge < -0.3 is 24.6 Å². The first kappa shape index (κ1) is 19.9. The van der Waals surface area contributed by atoms with E-state index < -0.39 is 0 Å². The van der Waals surface area contributed by atoms with Crippen LogP contribution in [-0.4, -0.2) is 62.7 Å². The van der Waals surface area contributed by atoms with Crippen molar-refractivity contribution in [1.29, 1.82) is 0 Å². The van der Waals surface area contributed by atoms with Crippen molar-refractivity contribution >= 4 is 11.7 Å². The van der Waals surface area contributed by atoms with Crippen molar-refractivity contribution < 1.29 is 14.3 Å². The fourth-order valence-corrected chi connectivity index (χ4v) is 3.30. The highest BCUT2D eigenvalue weighted by molar-refractivity contribution is 5.94. The Morgan fingerprint density at radius 3 is 2.50 bits per heavy atom. The van der Waals surface area contributed by atoms with Gasteiger partial charge in [0.05, 0.1) is 14.2 Å². The van der Waals surface area contributed by atoms with Gasteiger partial charge in [0.1, 0.15) is 5.82 Å². The zero-order valence-corrected chi connectivity index (χ0v) is 16.8. The molecular weight excluding hydrogens is 356 g/mol. The van der Waals surface area contributed by atoms with E-state index in [9.17, 15) is 4.79 Å². The molecule has 1 aromatic carbocycles. The Morgan fingerprint density at radius 2 is 1.82 bits per heavy atom. The van der Waals surface area contributed by atoms with Crippen molar-refractivity contribution in [3.8, 4) is 11.5 Å². The maximum absolute atomic E-state index is 12.6. The Kier molecular flexibility index (Phi) is 6.71. The Labute approximate surface area is 166 Å². The van der Waals surface area contributed by atoms with Crippen molar-refractivity contribution in [3.63, 3.8) is 0 Å². The number of hydrogen-bond donors (Lipinski definition) is 1. The second-order valence-corrected chi connectivity index (χ2v) is 6.70. The van der Waals surface area contributed by atoms with E-state index in [0.29, 0.717) is 23.6 Å². The fourth-order valence-electron chi connectivity index (χ4n) is 3.30. The van der Waals surface area contributed by atoms with Crippen LogP contribution in [0, 0.1) is 0 Å². The lowest BCUT2D eigenvalue weighted by molar-refractivity contribution is 0.0950. The highest BCUT2D eigenvalue weighted by Gasteiger charge is 2.18. The molecular formula is C21H28N4O3. The monoisotopic (exact) mass is 384 g/mol. The molecule has 0 atom stereocenters. The molecule has 28 heavy (non-hydrogen) atoms. The number of hydrogen-bond acceptors (Lipinski definition) is 6. The molecule has 7 heteroatoms. The zero-order chi connectivity index (χ0) is 19.9. The molecule has 1 N–H and O–H groups in total. The van der Waals surface area contributed by atoms with Gasteiger partial charge in [0.15, 0.2) is 11.5 Å². The third kappa shape index (κ3) is 4.72. The highest BCUT2D eigenvalue weighted by atomic mass is 16.5. The fraction of sp³-hybridized carbons (Fsp3) is 0.429. The lowest BCUT2D eigenvalue weighted by Gasteiger charge is -2.34. The summed E-state index contributed by atoms with van der Waals surface area (Å²) in [6.07, 6.45) is 1.70. The van der Waals surface area contributed by atoms with Gasteiger partial charge in [0, 0.05) is 44.5 Å². The molecule has 0 spiro atoms. The third-order valence-electron chi connectivity index (χ3n) is 5.05. The summed E-state index contributed by atoms with van der Waals surface area (Å²) in [5.74, 6) is 2.05. The summed E-state index contributed by atoms with van der Waals surface area (Å²) in [4.78, 5) is 21.7. The van der Waals surface area contributed by atoms with Crippen LogP contribution in [0.25, 0.3) is 0 Å². The Balaban J connectivity index is 1.62. The molecule has 1 amide bonds. The van der Waals surface area contributed by atoms with E-state index in [1.807, 2.05) is 24.3 Å². The number of rotatable bonds is 7. The minimum Gasteiger partial charge on any atom is -0.493 e. The van der Waals surface area contributed by atoms with E-state index in [2.05, 4.69) is 27.0 Å². The van der Waals surface area contributed by atoms with Gasteiger partial charge in [-0.25, -0.2) is 4.98 Å². The first-order valence-electron chi connectivity index (χ1n) is 9.57. The maximum atomic E-state index is 12.6. The number of benzene rings is 1. The van der Waals surface area contributed by atoms with Crippen LogP contribution >= 0.6 is 0 Å². The summed E-state index contributed by atoms with van der Waals surface area (Å²) in [5.41, 5.74) is 1.55. The lowest BCUT2D eigenvalue weighted by atomic mass is 10.2. The zero-order valence-electron chi connectivity index (χ0n) is 16.8.